The van der Waals surface area contributed by atoms with Crippen molar-refractivity contribution in [3.63, 3.8) is 0 Å². The molecule has 0 saturated heterocycles. The molecule has 2 N–H and O–H groups in total. The van der Waals surface area contributed by atoms with E-state index in [0.29, 0.717) is 5.52 Å². The van der Waals surface area contributed by atoms with E-state index in [1.807, 2.05) is 0 Å². The largest absolute Gasteiger partial charge is 0.386 e. The van der Waals surface area contributed by atoms with Crippen molar-refractivity contribution in [3.05, 3.63) is 36.5 Å². The first-order valence-corrected chi connectivity index (χ1v) is 7.89. The van der Waals surface area contributed by atoms with Crippen molar-refractivity contribution in [1.29, 1.82) is 0 Å². The van der Waals surface area contributed by atoms with E-state index < -0.39 is 15.6 Å². The molecule has 0 aliphatic heterocycles. The SMILES string of the molecule is COC[C@@](C)(O)CNS(=O)(=O)c1cccc2cccnc12. The molecule has 0 bridgehead atoms. The fraction of sp³-hybridized carbons (Fsp3) is 0.357. The predicted octanol–water partition coefficient (Wildman–Crippen LogP) is 0.910. The molecule has 1 heterocycles. The number of pyridine rings is 1. The Labute approximate surface area is 123 Å². The second kappa shape index (κ2) is 6.07. The Hall–Kier alpha value is -1.54. The summed E-state index contributed by atoms with van der Waals surface area (Å²) in [7, 11) is -2.32. The molecule has 1 aromatic heterocycles. The molecule has 1 aromatic carbocycles. The van der Waals surface area contributed by atoms with Gasteiger partial charge in [-0.3, -0.25) is 4.98 Å². The molecule has 2 rings (SSSR count). The number of aromatic nitrogens is 1. The Morgan fingerprint density at radius 2 is 2.05 bits per heavy atom. The lowest BCUT2D eigenvalue weighted by atomic mass is 10.1. The number of sulfonamides is 1. The van der Waals surface area contributed by atoms with E-state index in [2.05, 4.69) is 9.71 Å². The number of ether oxygens (including phenoxy) is 1. The maximum absolute atomic E-state index is 12.4. The number of para-hydroxylation sites is 1. The summed E-state index contributed by atoms with van der Waals surface area (Å²) < 4.78 is 32.0. The van der Waals surface area contributed by atoms with Gasteiger partial charge in [0.25, 0.3) is 0 Å². The minimum atomic E-state index is -3.77. The van der Waals surface area contributed by atoms with Crippen LogP contribution in [-0.2, 0) is 14.8 Å². The minimum Gasteiger partial charge on any atom is -0.386 e. The van der Waals surface area contributed by atoms with Crippen molar-refractivity contribution in [2.24, 2.45) is 0 Å². The van der Waals surface area contributed by atoms with Crippen molar-refractivity contribution < 1.29 is 18.3 Å². The molecule has 1 atom stereocenters. The van der Waals surface area contributed by atoms with Crippen molar-refractivity contribution in [2.75, 3.05) is 20.3 Å². The highest BCUT2D eigenvalue weighted by Gasteiger charge is 2.25. The fourth-order valence-electron chi connectivity index (χ4n) is 1.98. The quantitative estimate of drug-likeness (QED) is 0.828. The van der Waals surface area contributed by atoms with E-state index in [4.69, 9.17) is 4.74 Å². The highest BCUT2D eigenvalue weighted by atomic mass is 32.2. The summed E-state index contributed by atoms with van der Waals surface area (Å²) in [4.78, 5) is 4.21. The number of benzene rings is 1. The number of hydrogen-bond donors (Lipinski definition) is 2. The van der Waals surface area contributed by atoms with Crippen LogP contribution in [0.1, 0.15) is 6.92 Å². The maximum Gasteiger partial charge on any atom is 0.242 e. The molecule has 114 valence electrons. The van der Waals surface area contributed by atoms with Gasteiger partial charge < -0.3 is 9.84 Å². The molecule has 2 aromatic rings. The van der Waals surface area contributed by atoms with Crippen LogP contribution in [0.4, 0.5) is 0 Å². The summed E-state index contributed by atoms with van der Waals surface area (Å²) in [6.45, 7) is 1.38. The third kappa shape index (κ3) is 3.76. The Kier molecular flexibility index (Phi) is 4.58. The molecule has 0 amide bonds. The van der Waals surface area contributed by atoms with Crippen molar-refractivity contribution in [2.45, 2.75) is 17.4 Å². The summed E-state index contributed by atoms with van der Waals surface area (Å²) in [5, 5.41) is 10.7. The number of nitrogens with one attached hydrogen (secondary N) is 1. The van der Waals surface area contributed by atoms with Gasteiger partial charge in [-0.15, -0.1) is 0 Å². The van der Waals surface area contributed by atoms with Crippen LogP contribution < -0.4 is 4.72 Å². The van der Waals surface area contributed by atoms with Gasteiger partial charge in [0.2, 0.25) is 10.0 Å². The molecule has 0 spiro atoms. The normalized spacial score (nSPS) is 15.0. The second-order valence-electron chi connectivity index (χ2n) is 5.09. The zero-order valence-electron chi connectivity index (χ0n) is 11.9. The average molecular weight is 310 g/mol. The molecule has 0 unspecified atom stereocenters. The number of hydrogen-bond acceptors (Lipinski definition) is 5. The molecule has 7 heteroatoms. The summed E-state index contributed by atoms with van der Waals surface area (Å²) in [5.41, 5.74) is -0.876. The Bertz CT molecular complexity index is 723. The number of fused-ring (bicyclic) bond motifs is 1. The summed E-state index contributed by atoms with van der Waals surface area (Å²) in [6, 6.07) is 8.48. The summed E-state index contributed by atoms with van der Waals surface area (Å²) in [5.74, 6) is 0. The van der Waals surface area contributed by atoms with Crippen LogP contribution in [0.25, 0.3) is 10.9 Å². The van der Waals surface area contributed by atoms with Gasteiger partial charge in [-0.05, 0) is 19.1 Å². The van der Waals surface area contributed by atoms with E-state index in [1.165, 1.54) is 20.1 Å². The molecule has 0 saturated carbocycles. The molecule has 0 aliphatic rings. The van der Waals surface area contributed by atoms with Crippen LogP contribution in [0, 0.1) is 0 Å². The first kappa shape index (κ1) is 15.8. The van der Waals surface area contributed by atoms with Gasteiger partial charge >= 0.3 is 0 Å². The number of nitrogens with zero attached hydrogens (tertiary/aromatic N) is 1. The minimum absolute atomic E-state index is 0.0311. The maximum atomic E-state index is 12.4. The van der Waals surface area contributed by atoms with Gasteiger partial charge in [0, 0.05) is 25.2 Å². The fourth-order valence-corrected chi connectivity index (χ4v) is 3.32. The van der Waals surface area contributed by atoms with Gasteiger partial charge in [0.05, 0.1) is 17.7 Å². The number of rotatable bonds is 6. The van der Waals surface area contributed by atoms with Gasteiger partial charge in [0.1, 0.15) is 4.90 Å². The van der Waals surface area contributed by atoms with Gasteiger partial charge in [-0.2, -0.15) is 0 Å². The second-order valence-corrected chi connectivity index (χ2v) is 6.82. The predicted molar refractivity (Wildman–Crippen MR) is 79.4 cm³/mol. The Balaban J connectivity index is 2.30. The molecule has 21 heavy (non-hydrogen) atoms. The zero-order valence-corrected chi connectivity index (χ0v) is 12.7. The lowest BCUT2D eigenvalue weighted by Crippen LogP contribution is -2.43. The Morgan fingerprint density at radius 1 is 1.33 bits per heavy atom. The molecular weight excluding hydrogens is 292 g/mol. The molecule has 6 nitrogen and oxygen atoms in total. The zero-order chi connectivity index (χ0) is 15.5. The molecule has 0 radical (unpaired) electrons. The molecular formula is C14H18N2O4S. The van der Waals surface area contributed by atoms with Crippen LogP contribution in [-0.4, -0.2) is 44.4 Å². The lowest BCUT2D eigenvalue weighted by molar-refractivity contribution is -0.0119. The van der Waals surface area contributed by atoms with Crippen LogP contribution in [0.3, 0.4) is 0 Å². The standard InChI is InChI=1S/C14H18N2O4S/c1-14(17,10-20-2)9-16-21(18,19)12-7-3-5-11-6-4-8-15-13(11)12/h3-8,16-17H,9-10H2,1-2H3/t14-/m0/s1. The van der Waals surface area contributed by atoms with Crippen LogP contribution in [0.2, 0.25) is 0 Å². The van der Waals surface area contributed by atoms with E-state index in [9.17, 15) is 13.5 Å². The van der Waals surface area contributed by atoms with Gasteiger partial charge in [0.15, 0.2) is 0 Å². The Morgan fingerprint density at radius 3 is 2.76 bits per heavy atom. The van der Waals surface area contributed by atoms with E-state index in [-0.39, 0.29) is 18.0 Å². The van der Waals surface area contributed by atoms with Gasteiger partial charge in [-0.1, -0.05) is 18.2 Å². The van der Waals surface area contributed by atoms with E-state index >= 15 is 0 Å². The molecule has 0 aliphatic carbocycles. The van der Waals surface area contributed by atoms with Crippen molar-refractivity contribution >= 4 is 20.9 Å². The third-order valence-corrected chi connectivity index (χ3v) is 4.42. The average Bonchev–Trinajstić information content (AvgIpc) is 2.45. The number of methoxy groups -OCH3 is 1. The van der Waals surface area contributed by atoms with Crippen molar-refractivity contribution in [1.82, 2.24) is 9.71 Å². The summed E-state index contributed by atoms with van der Waals surface area (Å²) in [6.07, 6.45) is 1.54. The monoisotopic (exact) mass is 310 g/mol. The van der Waals surface area contributed by atoms with E-state index in [0.717, 1.165) is 5.39 Å². The smallest absolute Gasteiger partial charge is 0.242 e. The highest BCUT2D eigenvalue weighted by molar-refractivity contribution is 7.89. The number of aliphatic hydroxyl groups is 1. The van der Waals surface area contributed by atoms with Crippen molar-refractivity contribution in [3.8, 4) is 0 Å². The third-order valence-electron chi connectivity index (χ3n) is 2.98. The lowest BCUT2D eigenvalue weighted by Gasteiger charge is -2.22. The first-order chi connectivity index (χ1) is 9.86. The van der Waals surface area contributed by atoms with Crippen LogP contribution >= 0.6 is 0 Å². The van der Waals surface area contributed by atoms with Crippen LogP contribution in [0.15, 0.2) is 41.4 Å². The van der Waals surface area contributed by atoms with Gasteiger partial charge in [-0.25, -0.2) is 13.1 Å². The molecule has 0 fully saturated rings. The summed E-state index contributed by atoms with van der Waals surface area (Å²) >= 11 is 0. The first-order valence-electron chi connectivity index (χ1n) is 6.40. The van der Waals surface area contributed by atoms with E-state index in [1.54, 1.807) is 30.5 Å². The topological polar surface area (TPSA) is 88.5 Å². The van der Waals surface area contributed by atoms with Crippen LogP contribution in [0.5, 0.6) is 0 Å². The highest BCUT2D eigenvalue weighted by Crippen LogP contribution is 2.20.